The van der Waals surface area contributed by atoms with E-state index in [-0.39, 0.29) is 5.28 Å². The Kier molecular flexibility index (Phi) is 2.61. The molecule has 98 valence electrons. The normalized spacial score (nSPS) is 11.4. The lowest BCUT2D eigenvalue weighted by Gasteiger charge is -1.99. The summed E-state index contributed by atoms with van der Waals surface area (Å²) in [5.74, 6) is 0. The van der Waals surface area contributed by atoms with Gasteiger partial charge in [-0.15, -0.1) is 0 Å². The molecule has 8 heteroatoms. The van der Waals surface area contributed by atoms with Gasteiger partial charge in [0.25, 0.3) is 0 Å². The fraction of sp³-hybridized carbons (Fsp3) is 0. The number of para-hydroxylation sites is 2. The second kappa shape index (κ2) is 4.46. The number of fused-ring (bicyclic) bond motifs is 2. The highest BCUT2D eigenvalue weighted by Gasteiger charge is 2.12. The number of rotatable bonds is 2. The van der Waals surface area contributed by atoms with Crippen LogP contribution in [0.5, 0.6) is 0 Å². The molecular formula is C12H7ClN6S. The van der Waals surface area contributed by atoms with Gasteiger partial charge in [-0.2, -0.15) is 10.1 Å². The third-order valence-corrected chi connectivity index (χ3v) is 3.87. The van der Waals surface area contributed by atoms with Crippen LogP contribution < -0.4 is 0 Å². The van der Waals surface area contributed by atoms with Crippen molar-refractivity contribution >= 4 is 45.4 Å². The molecule has 3 heterocycles. The van der Waals surface area contributed by atoms with Crippen molar-refractivity contribution in [3.05, 3.63) is 35.7 Å². The third-order valence-electron chi connectivity index (χ3n) is 2.81. The van der Waals surface area contributed by atoms with Crippen LogP contribution in [0.15, 0.2) is 40.6 Å². The van der Waals surface area contributed by atoms with Crippen LogP contribution >= 0.6 is 23.4 Å². The molecule has 0 saturated carbocycles. The predicted molar refractivity (Wildman–Crippen MR) is 76.9 cm³/mol. The molecule has 1 aromatic carbocycles. The van der Waals surface area contributed by atoms with Crippen LogP contribution in [-0.2, 0) is 0 Å². The number of hydrogen-bond acceptors (Lipinski definition) is 5. The molecule has 20 heavy (non-hydrogen) atoms. The first kappa shape index (κ1) is 11.7. The van der Waals surface area contributed by atoms with Gasteiger partial charge in [0.2, 0.25) is 5.28 Å². The summed E-state index contributed by atoms with van der Waals surface area (Å²) in [5.41, 5.74) is 2.51. The van der Waals surface area contributed by atoms with Gasteiger partial charge < -0.3 is 4.98 Å². The molecule has 4 aromatic rings. The standard InChI is InChI=1S/C12H7ClN6S/c13-11-17-9-6(5-14-19-9)10(18-11)20-12-15-7-3-1-2-4-8(7)16-12/h1-5H,(H,15,16)(H,14,17,18,19). The van der Waals surface area contributed by atoms with Gasteiger partial charge in [-0.3, -0.25) is 5.10 Å². The van der Waals surface area contributed by atoms with E-state index < -0.39 is 0 Å². The highest BCUT2D eigenvalue weighted by atomic mass is 35.5. The zero-order chi connectivity index (χ0) is 13.5. The van der Waals surface area contributed by atoms with Crippen molar-refractivity contribution in [3.8, 4) is 0 Å². The predicted octanol–water partition coefficient (Wildman–Crippen LogP) is 3.03. The molecular weight excluding hydrogens is 296 g/mol. The largest absolute Gasteiger partial charge is 0.333 e. The Bertz CT molecular complexity index is 882. The van der Waals surface area contributed by atoms with E-state index in [0.717, 1.165) is 21.6 Å². The van der Waals surface area contributed by atoms with Crippen molar-refractivity contribution < 1.29 is 0 Å². The van der Waals surface area contributed by atoms with Gasteiger partial charge in [0.1, 0.15) is 5.03 Å². The molecule has 3 aromatic heterocycles. The van der Waals surface area contributed by atoms with Crippen LogP contribution in [0.4, 0.5) is 0 Å². The fourth-order valence-electron chi connectivity index (χ4n) is 1.93. The van der Waals surface area contributed by atoms with E-state index in [1.807, 2.05) is 24.3 Å². The maximum absolute atomic E-state index is 5.91. The van der Waals surface area contributed by atoms with E-state index in [0.29, 0.717) is 10.7 Å². The minimum absolute atomic E-state index is 0.181. The van der Waals surface area contributed by atoms with Crippen molar-refractivity contribution in [2.24, 2.45) is 0 Å². The molecule has 0 bridgehead atoms. The summed E-state index contributed by atoms with van der Waals surface area (Å²) >= 11 is 7.31. The highest BCUT2D eigenvalue weighted by Crippen LogP contribution is 2.30. The zero-order valence-electron chi connectivity index (χ0n) is 9.96. The minimum Gasteiger partial charge on any atom is -0.333 e. The van der Waals surface area contributed by atoms with Crippen molar-refractivity contribution in [3.63, 3.8) is 0 Å². The van der Waals surface area contributed by atoms with Crippen molar-refractivity contribution in [1.82, 2.24) is 30.1 Å². The summed E-state index contributed by atoms with van der Waals surface area (Å²) in [5, 5.41) is 9.21. The maximum atomic E-state index is 5.91. The van der Waals surface area contributed by atoms with Gasteiger partial charge in [0.15, 0.2) is 10.8 Å². The average molecular weight is 303 g/mol. The minimum atomic E-state index is 0.181. The van der Waals surface area contributed by atoms with Crippen molar-refractivity contribution in [2.75, 3.05) is 0 Å². The smallest absolute Gasteiger partial charge is 0.225 e. The number of nitrogens with zero attached hydrogens (tertiary/aromatic N) is 4. The number of aromatic nitrogens is 6. The molecule has 0 amide bonds. The highest BCUT2D eigenvalue weighted by molar-refractivity contribution is 7.99. The van der Waals surface area contributed by atoms with Crippen LogP contribution in [0, 0.1) is 0 Å². The Morgan fingerprint density at radius 2 is 2.00 bits per heavy atom. The van der Waals surface area contributed by atoms with Gasteiger partial charge in [0, 0.05) is 0 Å². The summed E-state index contributed by atoms with van der Waals surface area (Å²) in [6.45, 7) is 0. The first-order valence-corrected chi connectivity index (χ1v) is 6.98. The molecule has 4 rings (SSSR count). The second-order valence-electron chi connectivity index (χ2n) is 4.09. The summed E-state index contributed by atoms with van der Waals surface area (Å²) in [4.78, 5) is 16.0. The van der Waals surface area contributed by atoms with Crippen molar-refractivity contribution in [2.45, 2.75) is 10.2 Å². The van der Waals surface area contributed by atoms with E-state index in [4.69, 9.17) is 11.6 Å². The van der Waals surface area contributed by atoms with Gasteiger partial charge >= 0.3 is 0 Å². The van der Waals surface area contributed by atoms with Gasteiger partial charge in [-0.1, -0.05) is 12.1 Å². The molecule has 0 atom stereocenters. The Morgan fingerprint density at radius 1 is 1.10 bits per heavy atom. The van der Waals surface area contributed by atoms with E-state index in [1.54, 1.807) is 6.20 Å². The lowest BCUT2D eigenvalue weighted by Crippen LogP contribution is -1.88. The molecule has 0 fully saturated rings. The van der Waals surface area contributed by atoms with Gasteiger partial charge in [-0.25, -0.2) is 9.97 Å². The van der Waals surface area contributed by atoms with Gasteiger partial charge in [0.05, 0.1) is 22.6 Å². The lowest BCUT2D eigenvalue weighted by molar-refractivity contribution is 1.04. The van der Waals surface area contributed by atoms with E-state index in [1.165, 1.54) is 11.8 Å². The Balaban J connectivity index is 1.81. The zero-order valence-corrected chi connectivity index (χ0v) is 11.5. The monoisotopic (exact) mass is 302 g/mol. The number of halogens is 1. The summed E-state index contributed by atoms with van der Waals surface area (Å²) in [7, 11) is 0. The molecule has 6 nitrogen and oxygen atoms in total. The SMILES string of the molecule is Clc1nc(Sc2nc3ccccc3[nH]2)c2cn[nH]c2n1. The first-order valence-electron chi connectivity index (χ1n) is 5.79. The van der Waals surface area contributed by atoms with Crippen molar-refractivity contribution in [1.29, 1.82) is 0 Å². The number of benzene rings is 1. The number of hydrogen-bond donors (Lipinski definition) is 2. The summed E-state index contributed by atoms with van der Waals surface area (Å²) < 4.78 is 0. The van der Waals surface area contributed by atoms with Crippen LogP contribution in [0.25, 0.3) is 22.1 Å². The molecule has 0 saturated heterocycles. The van der Waals surface area contributed by atoms with E-state index >= 15 is 0 Å². The molecule has 0 radical (unpaired) electrons. The molecule has 0 unspecified atom stereocenters. The van der Waals surface area contributed by atoms with Crippen LogP contribution in [0.3, 0.4) is 0 Å². The average Bonchev–Trinajstić information content (AvgIpc) is 3.03. The second-order valence-corrected chi connectivity index (χ2v) is 5.41. The Hall–Kier alpha value is -2.12. The lowest BCUT2D eigenvalue weighted by atomic mass is 10.3. The topological polar surface area (TPSA) is 83.1 Å². The van der Waals surface area contributed by atoms with E-state index in [2.05, 4.69) is 30.1 Å². The molecule has 0 spiro atoms. The molecule has 0 aliphatic rings. The van der Waals surface area contributed by atoms with Crippen LogP contribution in [0.1, 0.15) is 0 Å². The summed E-state index contributed by atoms with van der Waals surface area (Å²) in [6, 6.07) is 7.85. The number of imidazole rings is 1. The maximum Gasteiger partial charge on any atom is 0.225 e. The molecule has 2 N–H and O–H groups in total. The van der Waals surface area contributed by atoms with Crippen LogP contribution in [-0.4, -0.2) is 30.1 Å². The molecule has 0 aliphatic carbocycles. The van der Waals surface area contributed by atoms with Gasteiger partial charge in [-0.05, 0) is 35.5 Å². The molecule has 0 aliphatic heterocycles. The first-order chi connectivity index (χ1) is 9.79. The van der Waals surface area contributed by atoms with Crippen LogP contribution in [0.2, 0.25) is 5.28 Å². The fourth-order valence-corrected chi connectivity index (χ4v) is 3.03. The summed E-state index contributed by atoms with van der Waals surface area (Å²) in [6.07, 6.45) is 1.68. The Morgan fingerprint density at radius 3 is 2.90 bits per heavy atom. The quantitative estimate of drug-likeness (QED) is 0.439. The Labute approximate surface area is 122 Å². The number of aromatic amines is 2. The third kappa shape index (κ3) is 1.91. The van der Waals surface area contributed by atoms with E-state index in [9.17, 15) is 0 Å². The number of H-pyrrole nitrogens is 2. The number of nitrogens with one attached hydrogen (secondary N) is 2.